The van der Waals surface area contributed by atoms with Crippen molar-refractivity contribution in [3.8, 4) is 0 Å². The van der Waals surface area contributed by atoms with E-state index in [2.05, 4.69) is 127 Å². The second kappa shape index (κ2) is 31.3. The Morgan fingerprint density at radius 2 is 0.500 bits per heavy atom. The number of hydrogen-bond donors (Lipinski definition) is 0. The van der Waals surface area contributed by atoms with Crippen molar-refractivity contribution in [3.05, 3.63) is 110 Å². The minimum absolute atomic E-state index is 0. The SMILES string of the molecule is C.C.C.C.CC.CC.CC.CC.CC.CC.CC.CC.c1ccc2c(c1)n1ccc3ccn2c31.c1ccc2cc3c(cc2c1)n1ccc2ccn3c21. The van der Waals surface area contributed by atoms with Crippen LogP contribution < -0.4 is 0 Å². The molecule has 4 nitrogen and oxygen atoms in total. The lowest BCUT2D eigenvalue weighted by molar-refractivity contribution is 1.22. The highest BCUT2D eigenvalue weighted by Gasteiger charge is 2.12. The lowest BCUT2D eigenvalue weighted by atomic mass is 10.1. The molecule has 0 fully saturated rings. The summed E-state index contributed by atoms with van der Waals surface area (Å²) in [4.78, 5) is 0. The van der Waals surface area contributed by atoms with E-state index in [4.69, 9.17) is 0 Å². The first kappa shape index (κ1) is 56.9. The van der Waals surface area contributed by atoms with Gasteiger partial charge in [-0.05, 0) is 59.3 Å². The highest BCUT2D eigenvalue weighted by atomic mass is 15.1. The fraction of sp³-hybridized carbons (Fsp3) is 0.417. The maximum atomic E-state index is 2.27. The van der Waals surface area contributed by atoms with Crippen molar-refractivity contribution in [2.75, 3.05) is 0 Å². The van der Waals surface area contributed by atoms with Crippen molar-refractivity contribution < 1.29 is 0 Å². The van der Waals surface area contributed by atoms with E-state index in [-0.39, 0.29) is 29.7 Å². The Bertz CT molecular complexity index is 1880. The van der Waals surface area contributed by atoms with E-state index in [1.165, 1.54) is 54.9 Å². The summed E-state index contributed by atoms with van der Waals surface area (Å²) in [5, 5.41) is 5.20. The summed E-state index contributed by atoms with van der Waals surface area (Å²) in [6, 6.07) is 30.2. The number of hydrogen-bond acceptors (Lipinski definition) is 0. The molecule has 0 atom stereocenters. The van der Waals surface area contributed by atoms with Crippen LogP contribution in [0.2, 0.25) is 0 Å². The number of nitrogens with zero attached hydrogens (tertiary/aromatic N) is 4. The van der Waals surface area contributed by atoms with E-state index in [1.54, 1.807) is 0 Å². The van der Waals surface area contributed by atoms with E-state index in [0.717, 1.165) is 0 Å². The predicted molar refractivity (Wildman–Crippen MR) is 249 cm³/mol. The zero-order chi connectivity index (χ0) is 36.8. The molecule has 0 saturated heterocycles. The number of para-hydroxylation sites is 2. The Hall–Kier alpha value is -4.44. The van der Waals surface area contributed by atoms with Gasteiger partial charge in [-0.1, -0.05) is 177 Å². The molecular weight excluding hydrogens is 633 g/mol. The molecule has 0 saturated carbocycles. The van der Waals surface area contributed by atoms with Gasteiger partial charge in [0.05, 0.1) is 22.1 Å². The third-order valence-electron chi connectivity index (χ3n) is 6.80. The molecule has 9 rings (SSSR count). The summed E-state index contributed by atoms with van der Waals surface area (Å²) in [6.07, 6.45) is 8.57. The molecule has 0 amide bonds. The Kier molecular flexibility index (Phi) is 34.3. The van der Waals surface area contributed by atoms with Gasteiger partial charge in [-0.25, -0.2) is 0 Å². The van der Waals surface area contributed by atoms with Gasteiger partial charge < -0.3 is 17.6 Å². The van der Waals surface area contributed by atoms with Crippen LogP contribution in [0.4, 0.5) is 0 Å². The third-order valence-corrected chi connectivity index (χ3v) is 6.80. The summed E-state index contributed by atoms with van der Waals surface area (Å²) < 4.78 is 9.03. The Labute approximate surface area is 321 Å². The molecule has 0 aliphatic rings. The second-order valence-electron chi connectivity index (χ2n) is 8.48. The van der Waals surface area contributed by atoms with Gasteiger partial charge in [-0.15, -0.1) is 0 Å². The van der Waals surface area contributed by atoms with Gasteiger partial charge in [0, 0.05) is 35.6 Å². The average Bonchev–Trinajstić information content (AvgIpc) is 4.05. The molecular formula is C48H82N4. The normalized spacial score (nSPS) is 8.54. The van der Waals surface area contributed by atoms with Crippen LogP contribution >= 0.6 is 0 Å². The van der Waals surface area contributed by atoms with Crippen LogP contribution in [0.3, 0.4) is 0 Å². The van der Waals surface area contributed by atoms with Crippen molar-refractivity contribution in [1.29, 1.82) is 0 Å². The topological polar surface area (TPSA) is 17.6 Å². The van der Waals surface area contributed by atoms with Crippen molar-refractivity contribution in [2.24, 2.45) is 0 Å². The van der Waals surface area contributed by atoms with Gasteiger partial charge >= 0.3 is 0 Å². The number of aromatic nitrogens is 4. The summed E-state index contributed by atoms with van der Waals surface area (Å²) in [5.41, 5.74) is 7.67. The molecule has 0 N–H and O–H groups in total. The van der Waals surface area contributed by atoms with Crippen molar-refractivity contribution in [2.45, 2.75) is 140 Å². The molecule has 9 aromatic rings. The number of fused-ring (bicyclic) bond motifs is 7. The van der Waals surface area contributed by atoms with Crippen LogP contribution in [-0.4, -0.2) is 17.6 Å². The molecule has 4 heteroatoms. The van der Waals surface area contributed by atoms with Gasteiger partial charge in [-0.2, -0.15) is 0 Å². The molecule has 0 radical (unpaired) electrons. The predicted octanol–water partition coefficient (Wildman–Crippen LogP) is 17.5. The first-order valence-corrected chi connectivity index (χ1v) is 18.9. The first-order valence-electron chi connectivity index (χ1n) is 18.9. The maximum absolute atomic E-state index is 2.27. The fourth-order valence-electron chi connectivity index (χ4n) is 5.35. The Morgan fingerprint density at radius 1 is 0.269 bits per heavy atom. The molecule has 0 aliphatic heterocycles. The van der Waals surface area contributed by atoms with Crippen molar-refractivity contribution in [1.82, 2.24) is 17.6 Å². The summed E-state index contributed by atoms with van der Waals surface area (Å²) in [6.45, 7) is 32.0. The third kappa shape index (κ3) is 11.3. The molecule has 0 aliphatic carbocycles. The summed E-state index contributed by atoms with van der Waals surface area (Å²) in [5.74, 6) is 0. The molecule has 294 valence electrons. The quantitative estimate of drug-likeness (QED) is 0.149. The van der Waals surface area contributed by atoms with Gasteiger partial charge in [0.15, 0.2) is 0 Å². The standard InChI is InChI=1S/C16H10N2.C12H8N2.8C2H6.4CH4/c1-2-4-13-10-15-14(9-12(13)3-1)17-7-5-11-6-8-18(15)16(11)17;1-2-4-11-10(3-1)13-7-5-9-6-8-14(11)12(9)13;8*1-2;;;;/h1-10H;1-8H;8*1-2H3;4*1H4. The zero-order valence-electron chi connectivity index (χ0n) is 33.2. The molecule has 0 unspecified atom stereocenters. The van der Waals surface area contributed by atoms with Crippen LogP contribution in [0.1, 0.15) is 140 Å². The minimum Gasteiger partial charge on any atom is -0.300 e. The molecule has 52 heavy (non-hydrogen) atoms. The van der Waals surface area contributed by atoms with E-state index in [0.29, 0.717) is 0 Å². The van der Waals surface area contributed by atoms with Gasteiger partial charge in [0.1, 0.15) is 11.3 Å². The second-order valence-corrected chi connectivity index (χ2v) is 8.48. The van der Waals surface area contributed by atoms with Crippen LogP contribution in [-0.2, 0) is 0 Å². The molecule has 0 spiro atoms. The number of imidazole rings is 2. The lowest BCUT2D eigenvalue weighted by Gasteiger charge is -1.98. The Morgan fingerprint density at radius 3 is 0.769 bits per heavy atom. The summed E-state index contributed by atoms with van der Waals surface area (Å²) >= 11 is 0. The molecule has 0 bridgehead atoms. The number of benzene rings is 3. The molecule has 6 aromatic heterocycles. The Balaban J connectivity index is -0.000000197. The van der Waals surface area contributed by atoms with Crippen LogP contribution in [0, 0.1) is 0 Å². The minimum atomic E-state index is 0. The van der Waals surface area contributed by atoms with E-state index in [9.17, 15) is 0 Å². The van der Waals surface area contributed by atoms with Gasteiger partial charge in [0.25, 0.3) is 0 Å². The lowest BCUT2D eigenvalue weighted by Crippen LogP contribution is -1.78. The van der Waals surface area contributed by atoms with E-state index >= 15 is 0 Å². The van der Waals surface area contributed by atoms with Gasteiger partial charge in [0.2, 0.25) is 0 Å². The monoisotopic (exact) mass is 715 g/mol. The average molecular weight is 715 g/mol. The highest BCUT2D eigenvalue weighted by molar-refractivity contribution is 6.00. The van der Waals surface area contributed by atoms with E-state index < -0.39 is 0 Å². The highest BCUT2D eigenvalue weighted by Crippen LogP contribution is 2.30. The summed E-state index contributed by atoms with van der Waals surface area (Å²) in [7, 11) is 0. The fourth-order valence-corrected chi connectivity index (χ4v) is 5.35. The van der Waals surface area contributed by atoms with Crippen LogP contribution in [0.15, 0.2) is 110 Å². The van der Waals surface area contributed by atoms with Crippen molar-refractivity contribution >= 4 is 54.9 Å². The van der Waals surface area contributed by atoms with E-state index in [1.807, 2.05) is 111 Å². The molecule has 6 heterocycles. The van der Waals surface area contributed by atoms with Crippen LogP contribution in [0.5, 0.6) is 0 Å². The smallest absolute Gasteiger partial charge is 0.129 e. The van der Waals surface area contributed by atoms with Gasteiger partial charge in [-0.3, -0.25) is 0 Å². The van der Waals surface area contributed by atoms with Crippen molar-refractivity contribution in [3.63, 3.8) is 0 Å². The molecule has 3 aromatic carbocycles. The number of rotatable bonds is 0. The largest absolute Gasteiger partial charge is 0.300 e. The van der Waals surface area contributed by atoms with Crippen LogP contribution in [0.25, 0.3) is 54.9 Å². The zero-order valence-corrected chi connectivity index (χ0v) is 33.2. The first-order chi connectivity index (χ1) is 23.9. The maximum Gasteiger partial charge on any atom is 0.129 e.